The van der Waals surface area contributed by atoms with E-state index < -0.39 is 0 Å². The molecule has 2 aliphatic rings. The number of benzene rings is 2. The van der Waals surface area contributed by atoms with Gasteiger partial charge in [-0.15, -0.1) is 23.5 Å². The lowest BCUT2D eigenvalue weighted by Gasteiger charge is -2.27. The van der Waals surface area contributed by atoms with Gasteiger partial charge >= 0.3 is 5.97 Å². The first kappa shape index (κ1) is 27.9. The number of hydrogen-bond acceptors (Lipinski definition) is 7. The number of ether oxygens (including phenoxy) is 2. The Labute approximate surface area is 233 Å². The lowest BCUT2D eigenvalue weighted by Crippen LogP contribution is -2.19. The van der Waals surface area contributed by atoms with Crippen molar-refractivity contribution in [2.75, 3.05) is 35.9 Å². The van der Waals surface area contributed by atoms with Gasteiger partial charge in [-0.2, -0.15) is 23.5 Å². The van der Waals surface area contributed by atoms with Crippen LogP contribution in [0.5, 0.6) is 5.75 Å². The molecular weight excluding hydrogens is 525 g/mol. The molecule has 0 bridgehead atoms. The molecule has 3 nitrogen and oxygen atoms in total. The number of esters is 1. The van der Waals surface area contributed by atoms with E-state index in [1.54, 1.807) is 7.11 Å². The average molecular weight is 561 g/mol. The number of methoxy groups -OCH3 is 1. The van der Waals surface area contributed by atoms with Gasteiger partial charge in [0, 0.05) is 28.3 Å². The molecule has 36 heavy (non-hydrogen) atoms. The van der Waals surface area contributed by atoms with Gasteiger partial charge in [-0.1, -0.05) is 36.4 Å². The fourth-order valence-corrected chi connectivity index (χ4v) is 10.1. The first-order chi connectivity index (χ1) is 17.7. The van der Waals surface area contributed by atoms with Gasteiger partial charge in [0.25, 0.3) is 0 Å². The third kappa shape index (κ3) is 8.17. The van der Waals surface area contributed by atoms with Crippen LogP contribution < -0.4 is 4.74 Å². The van der Waals surface area contributed by atoms with Crippen LogP contribution in [0.15, 0.2) is 66.7 Å². The molecule has 0 aromatic heterocycles. The summed E-state index contributed by atoms with van der Waals surface area (Å²) in [6.45, 7) is 0. The molecule has 7 heteroatoms. The smallest absolute Gasteiger partial charge is 0.338 e. The SMILES string of the molecule is COc1cccc(C2(CC=CC(CCC3CCCSCCS3)OC(=O)c3ccccc3)SCCS2)c1. The van der Waals surface area contributed by atoms with E-state index in [0.29, 0.717) is 10.8 Å². The van der Waals surface area contributed by atoms with E-state index in [0.717, 1.165) is 36.5 Å². The van der Waals surface area contributed by atoms with Crippen molar-refractivity contribution in [3.63, 3.8) is 0 Å². The van der Waals surface area contributed by atoms with Crippen LogP contribution in [-0.2, 0) is 8.82 Å². The Morgan fingerprint density at radius 3 is 2.69 bits per heavy atom. The molecule has 2 fully saturated rings. The summed E-state index contributed by atoms with van der Waals surface area (Å²) >= 11 is 8.18. The third-order valence-corrected chi connectivity index (χ3v) is 12.7. The van der Waals surface area contributed by atoms with Gasteiger partial charge in [0.1, 0.15) is 11.9 Å². The van der Waals surface area contributed by atoms with Gasteiger partial charge in [-0.05, 0) is 73.8 Å². The van der Waals surface area contributed by atoms with E-state index in [9.17, 15) is 4.79 Å². The monoisotopic (exact) mass is 560 g/mol. The van der Waals surface area contributed by atoms with E-state index >= 15 is 0 Å². The topological polar surface area (TPSA) is 35.5 Å². The van der Waals surface area contributed by atoms with Crippen molar-refractivity contribution in [1.29, 1.82) is 0 Å². The van der Waals surface area contributed by atoms with Crippen LogP contribution in [0.2, 0.25) is 0 Å². The van der Waals surface area contributed by atoms with Crippen LogP contribution in [0.1, 0.15) is 48.0 Å². The van der Waals surface area contributed by atoms with Crippen molar-refractivity contribution in [2.24, 2.45) is 0 Å². The average Bonchev–Trinajstić information content (AvgIpc) is 3.38. The zero-order chi connectivity index (χ0) is 25.1. The van der Waals surface area contributed by atoms with Crippen molar-refractivity contribution in [2.45, 2.75) is 47.5 Å². The maximum Gasteiger partial charge on any atom is 0.338 e. The summed E-state index contributed by atoms with van der Waals surface area (Å²) in [4.78, 5) is 12.9. The van der Waals surface area contributed by atoms with Crippen molar-refractivity contribution < 1.29 is 14.3 Å². The predicted octanol–water partition coefficient (Wildman–Crippen LogP) is 7.91. The molecule has 4 rings (SSSR count). The maximum atomic E-state index is 12.9. The van der Waals surface area contributed by atoms with E-state index in [1.807, 2.05) is 59.9 Å². The molecular formula is C29H36O3S4. The van der Waals surface area contributed by atoms with Gasteiger partial charge in [-0.25, -0.2) is 4.79 Å². The Hall–Kier alpha value is -1.15. The first-order valence-electron chi connectivity index (χ1n) is 12.7. The standard InChI is InChI=1S/C29H36O3S4/c1-31-26-11-5-10-24(22-26)29(35-20-21-36-29)16-6-12-25(32-28(30)23-8-3-2-4-9-23)14-15-27-13-7-17-33-18-19-34-27/h2-6,8-12,22,25,27H,7,13-21H2,1H3. The third-order valence-electron chi connectivity index (χ3n) is 6.44. The number of carbonyl (C=O) groups excluding carboxylic acids is 1. The fourth-order valence-electron chi connectivity index (χ4n) is 4.52. The minimum absolute atomic E-state index is 0.0217. The first-order valence-corrected chi connectivity index (χ1v) is 16.9. The van der Waals surface area contributed by atoms with Gasteiger partial charge < -0.3 is 9.47 Å². The highest BCUT2D eigenvalue weighted by Crippen LogP contribution is 2.55. The molecule has 0 radical (unpaired) electrons. The normalized spacial score (nSPS) is 21.0. The van der Waals surface area contributed by atoms with Crippen molar-refractivity contribution >= 4 is 53.0 Å². The molecule has 2 aromatic carbocycles. The second-order valence-electron chi connectivity index (χ2n) is 8.95. The Morgan fingerprint density at radius 1 is 1.06 bits per heavy atom. The largest absolute Gasteiger partial charge is 0.497 e. The van der Waals surface area contributed by atoms with Gasteiger partial charge in [0.2, 0.25) is 0 Å². The molecule has 2 aliphatic heterocycles. The van der Waals surface area contributed by atoms with Crippen molar-refractivity contribution in [3.05, 3.63) is 77.9 Å². The maximum absolute atomic E-state index is 12.9. The van der Waals surface area contributed by atoms with Crippen molar-refractivity contribution in [3.8, 4) is 5.75 Å². The van der Waals surface area contributed by atoms with Crippen molar-refractivity contribution in [1.82, 2.24) is 0 Å². The van der Waals surface area contributed by atoms with Gasteiger partial charge in [-0.3, -0.25) is 0 Å². The van der Waals surface area contributed by atoms with Gasteiger partial charge in [0.05, 0.1) is 16.8 Å². The summed E-state index contributed by atoms with van der Waals surface area (Å²) in [7, 11) is 1.72. The summed E-state index contributed by atoms with van der Waals surface area (Å²) < 4.78 is 11.5. The van der Waals surface area contributed by atoms with E-state index in [1.165, 1.54) is 35.7 Å². The molecule has 2 saturated heterocycles. The number of rotatable bonds is 10. The molecule has 2 heterocycles. The Bertz CT molecular complexity index is 967. The van der Waals surface area contributed by atoms with Crippen LogP contribution in [0.3, 0.4) is 0 Å². The number of allylic oxidation sites excluding steroid dienone is 1. The molecule has 0 saturated carbocycles. The molecule has 2 aromatic rings. The van der Waals surface area contributed by atoms with E-state index in [4.69, 9.17) is 9.47 Å². The molecule has 0 spiro atoms. The lowest BCUT2D eigenvalue weighted by atomic mass is 10.1. The second kappa shape index (κ2) is 14.7. The van der Waals surface area contributed by atoms with Crippen LogP contribution in [0, 0.1) is 0 Å². The number of thioether (sulfide) groups is 4. The molecule has 0 N–H and O–H groups in total. The summed E-state index contributed by atoms with van der Waals surface area (Å²) in [6.07, 6.45) is 9.56. The quantitative estimate of drug-likeness (QED) is 0.216. The number of carbonyl (C=O) groups is 1. The molecule has 0 aliphatic carbocycles. The van der Waals surface area contributed by atoms with E-state index in [-0.39, 0.29) is 16.2 Å². The predicted molar refractivity (Wildman–Crippen MR) is 161 cm³/mol. The van der Waals surface area contributed by atoms with Gasteiger partial charge in [0.15, 0.2) is 0 Å². The molecule has 0 amide bonds. The summed E-state index contributed by atoms with van der Waals surface area (Å²) in [5, 5.41) is 0.654. The Balaban J connectivity index is 1.45. The highest BCUT2D eigenvalue weighted by Gasteiger charge is 2.36. The summed E-state index contributed by atoms with van der Waals surface area (Å²) in [5.74, 6) is 6.67. The van der Waals surface area contributed by atoms with Crippen LogP contribution in [0.25, 0.3) is 0 Å². The zero-order valence-electron chi connectivity index (χ0n) is 20.9. The Morgan fingerprint density at radius 2 is 1.89 bits per heavy atom. The highest BCUT2D eigenvalue weighted by molar-refractivity contribution is 8.20. The second-order valence-corrected chi connectivity index (χ2v) is 14.6. The van der Waals surface area contributed by atoms with E-state index in [2.05, 4.69) is 53.9 Å². The molecule has 2 unspecified atom stereocenters. The highest BCUT2D eigenvalue weighted by atomic mass is 32.2. The molecule has 194 valence electrons. The summed E-state index contributed by atoms with van der Waals surface area (Å²) in [6, 6.07) is 17.8. The molecule has 2 atom stereocenters. The number of hydrogen-bond donors (Lipinski definition) is 0. The Kier molecular flexibility index (Phi) is 11.4. The van der Waals surface area contributed by atoms with Crippen LogP contribution in [-0.4, -0.2) is 53.2 Å². The minimum atomic E-state index is -0.237. The van der Waals surface area contributed by atoms with Crippen LogP contribution in [0.4, 0.5) is 0 Å². The van der Waals surface area contributed by atoms with Crippen LogP contribution >= 0.6 is 47.0 Å². The summed E-state index contributed by atoms with van der Waals surface area (Å²) in [5.41, 5.74) is 1.91. The minimum Gasteiger partial charge on any atom is -0.497 e. The zero-order valence-corrected chi connectivity index (χ0v) is 24.2. The lowest BCUT2D eigenvalue weighted by molar-refractivity contribution is 0.0376. The fraction of sp³-hybridized carbons (Fsp3) is 0.483.